The Morgan fingerprint density at radius 1 is 1.22 bits per heavy atom. The summed E-state index contributed by atoms with van der Waals surface area (Å²) in [5.74, 6) is 0.432. The Balaban J connectivity index is 1.48. The molecule has 37 heavy (non-hydrogen) atoms. The van der Waals surface area contributed by atoms with Gasteiger partial charge in [-0.1, -0.05) is 29.8 Å². The predicted octanol–water partition coefficient (Wildman–Crippen LogP) is 5.96. The minimum absolute atomic E-state index is 0.143. The average Bonchev–Trinajstić information content (AvgIpc) is 3.55. The minimum Gasteiger partial charge on any atom is -0.487 e. The summed E-state index contributed by atoms with van der Waals surface area (Å²) in [6, 6.07) is 13.5. The molecule has 8 nitrogen and oxygen atoms in total. The summed E-state index contributed by atoms with van der Waals surface area (Å²) in [6.07, 6.45) is 4.38. The highest BCUT2D eigenvalue weighted by atomic mass is 35.5. The summed E-state index contributed by atoms with van der Waals surface area (Å²) in [5.41, 5.74) is 6.28. The molecule has 0 radical (unpaired) electrons. The lowest BCUT2D eigenvalue weighted by molar-refractivity contribution is 0.0911. The number of hydrogen-bond donors (Lipinski definition) is 1. The number of rotatable bonds is 7. The third kappa shape index (κ3) is 4.93. The number of pyridine rings is 1. The second-order valence-corrected chi connectivity index (χ2v) is 9.37. The topological polar surface area (TPSA) is 95.1 Å². The van der Waals surface area contributed by atoms with Gasteiger partial charge in [0, 0.05) is 40.5 Å². The second-order valence-electron chi connectivity index (χ2n) is 8.97. The Kier molecular flexibility index (Phi) is 6.67. The number of ether oxygens (including phenoxy) is 1. The van der Waals surface area contributed by atoms with Gasteiger partial charge in [0.15, 0.2) is 6.39 Å². The third-order valence-electron chi connectivity index (χ3n) is 6.24. The molecular weight excluding hydrogens is 490 g/mol. The lowest BCUT2D eigenvalue weighted by atomic mass is 9.99. The Labute approximate surface area is 219 Å². The number of aryl methyl sites for hydroxylation is 3. The molecule has 0 unspecified atom stereocenters. The number of nitrogens with zero attached hydrogens (tertiary/aromatic N) is 4. The molecule has 0 aliphatic carbocycles. The largest absolute Gasteiger partial charge is 0.487 e. The highest BCUT2D eigenvalue weighted by Gasteiger charge is 2.20. The molecule has 0 saturated heterocycles. The van der Waals surface area contributed by atoms with Gasteiger partial charge in [-0.15, -0.1) is 0 Å². The van der Waals surface area contributed by atoms with E-state index in [0.717, 1.165) is 44.5 Å². The molecule has 3 aromatic heterocycles. The summed E-state index contributed by atoms with van der Waals surface area (Å²) in [6.45, 7) is 6.02. The fourth-order valence-corrected chi connectivity index (χ4v) is 4.81. The van der Waals surface area contributed by atoms with Crippen molar-refractivity contribution in [3.8, 4) is 17.0 Å². The van der Waals surface area contributed by atoms with E-state index in [4.69, 9.17) is 25.7 Å². The van der Waals surface area contributed by atoms with Crippen molar-refractivity contribution in [3.63, 3.8) is 0 Å². The van der Waals surface area contributed by atoms with E-state index in [9.17, 15) is 4.79 Å². The van der Waals surface area contributed by atoms with Crippen molar-refractivity contribution in [2.24, 2.45) is 7.05 Å². The molecule has 2 aromatic carbocycles. The molecule has 1 amide bonds. The molecule has 0 aliphatic heterocycles. The Bertz CT molecular complexity index is 1590. The Morgan fingerprint density at radius 3 is 2.78 bits per heavy atom. The predicted molar refractivity (Wildman–Crippen MR) is 142 cm³/mol. The summed E-state index contributed by atoms with van der Waals surface area (Å²) < 4.78 is 13.3. The van der Waals surface area contributed by atoms with E-state index in [1.54, 1.807) is 6.20 Å². The molecule has 5 rings (SSSR count). The van der Waals surface area contributed by atoms with Crippen LogP contribution in [0.4, 0.5) is 0 Å². The number of fused-ring (bicyclic) bond motifs is 1. The van der Waals surface area contributed by atoms with Crippen LogP contribution in [0.1, 0.15) is 45.9 Å². The highest BCUT2D eigenvalue weighted by Crippen LogP contribution is 2.34. The van der Waals surface area contributed by atoms with Gasteiger partial charge >= 0.3 is 0 Å². The first kappa shape index (κ1) is 24.5. The maximum Gasteiger partial charge on any atom is 0.289 e. The number of carbonyl (C=O) groups is 1. The number of amides is 1. The van der Waals surface area contributed by atoms with Gasteiger partial charge in [0.25, 0.3) is 5.91 Å². The molecule has 0 saturated carbocycles. The van der Waals surface area contributed by atoms with Gasteiger partial charge in [0.2, 0.25) is 5.76 Å². The number of carbonyl (C=O) groups excluding carboxylic acids is 1. The third-order valence-corrected chi connectivity index (χ3v) is 6.58. The van der Waals surface area contributed by atoms with Crippen LogP contribution in [0.3, 0.4) is 0 Å². The van der Waals surface area contributed by atoms with Crippen LogP contribution in [0.5, 0.6) is 5.75 Å². The summed E-state index contributed by atoms with van der Waals surface area (Å²) >= 11 is 6.69. The minimum atomic E-state index is -0.356. The lowest BCUT2D eigenvalue weighted by Crippen LogP contribution is -2.27. The maximum absolute atomic E-state index is 12.6. The first-order valence-corrected chi connectivity index (χ1v) is 12.2. The molecule has 0 fully saturated rings. The molecule has 3 heterocycles. The zero-order chi connectivity index (χ0) is 26.1. The monoisotopic (exact) mass is 515 g/mol. The van der Waals surface area contributed by atoms with Crippen LogP contribution in [0.25, 0.3) is 22.2 Å². The van der Waals surface area contributed by atoms with E-state index in [0.29, 0.717) is 10.8 Å². The van der Waals surface area contributed by atoms with E-state index in [-0.39, 0.29) is 24.3 Å². The van der Waals surface area contributed by atoms with Crippen LogP contribution in [0.15, 0.2) is 65.7 Å². The SMILES string of the molecule is Cc1cc(Cl)c(COc2cccc3c(-c4ccnn4C)cc(C)nc23)c([C@H](C)NC(=O)c2cnco2)c1. The number of aromatic nitrogens is 4. The van der Waals surface area contributed by atoms with Gasteiger partial charge in [-0.25, -0.2) is 9.97 Å². The molecule has 9 heteroatoms. The number of hydrogen-bond acceptors (Lipinski definition) is 6. The van der Waals surface area contributed by atoms with E-state index < -0.39 is 0 Å². The molecular formula is C28H26ClN5O3. The smallest absolute Gasteiger partial charge is 0.289 e. The van der Waals surface area contributed by atoms with Crippen LogP contribution in [0.2, 0.25) is 5.02 Å². The van der Waals surface area contributed by atoms with Crippen molar-refractivity contribution >= 4 is 28.4 Å². The lowest BCUT2D eigenvalue weighted by Gasteiger charge is -2.20. The summed E-state index contributed by atoms with van der Waals surface area (Å²) in [5, 5.41) is 8.80. The summed E-state index contributed by atoms with van der Waals surface area (Å²) in [4.78, 5) is 21.2. The van der Waals surface area contributed by atoms with Gasteiger partial charge in [-0.2, -0.15) is 5.10 Å². The number of nitrogens with one attached hydrogen (secondary N) is 1. The van der Waals surface area contributed by atoms with E-state index in [1.807, 2.05) is 68.9 Å². The van der Waals surface area contributed by atoms with Crippen molar-refractivity contribution in [1.82, 2.24) is 25.1 Å². The number of oxazole rings is 1. The van der Waals surface area contributed by atoms with Crippen molar-refractivity contribution < 1.29 is 13.9 Å². The van der Waals surface area contributed by atoms with Crippen molar-refractivity contribution in [1.29, 1.82) is 0 Å². The van der Waals surface area contributed by atoms with Gasteiger partial charge in [0.05, 0.1) is 17.9 Å². The zero-order valence-electron chi connectivity index (χ0n) is 20.9. The molecule has 0 aliphatic rings. The quantitative estimate of drug-likeness (QED) is 0.287. The van der Waals surface area contributed by atoms with E-state index in [1.165, 1.54) is 12.6 Å². The van der Waals surface area contributed by atoms with E-state index in [2.05, 4.69) is 21.5 Å². The van der Waals surface area contributed by atoms with Crippen molar-refractivity contribution in [3.05, 3.63) is 94.4 Å². The maximum atomic E-state index is 12.6. The average molecular weight is 516 g/mol. The van der Waals surface area contributed by atoms with Gasteiger partial charge < -0.3 is 14.5 Å². The van der Waals surface area contributed by atoms with Gasteiger partial charge in [-0.05, 0) is 56.2 Å². The van der Waals surface area contributed by atoms with Gasteiger partial charge in [0.1, 0.15) is 17.9 Å². The number of para-hydroxylation sites is 1. The molecule has 1 N–H and O–H groups in total. The second kappa shape index (κ2) is 10.1. The van der Waals surface area contributed by atoms with Crippen LogP contribution in [-0.2, 0) is 13.7 Å². The number of halogens is 1. The fourth-order valence-electron chi connectivity index (χ4n) is 4.48. The van der Waals surface area contributed by atoms with Crippen LogP contribution >= 0.6 is 11.6 Å². The molecule has 5 aromatic rings. The highest BCUT2D eigenvalue weighted by molar-refractivity contribution is 6.31. The van der Waals surface area contributed by atoms with Crippen LogP contribution in [-0.4, -0.2) is 25.7 Å². The van der Waals surface area contributed by atoms with Crippen LogP contribution < -0.4 is 10.1 Å². The normalized spacial score (nSPS) is 12.0. The molecule has 0 spiro atoms. The standard InChI is InChI=1S/C28H26ClN5O3/c1-16-10-20(18(3)33-28(35)26-13-30-15-37-26)22(23(29)11-16)14-36-25-7-5-6-19-21(12-17(2)32-27(19)25)24-8-9-31-34(24)4/h5-13,15,18H,14H2,1-4H3,(H,33,35)/t18-/m0/s1. The molecule has 1 atom stereocenters. The van der Waals surface area contributed by atoms with Gasteiger partial charge in [-0.3, -0.25) is 9.48 Å². The van der Waals surface area contributed by atoms with E-state index >= 15 is 0 Å². The summed E-state index contributed by atoms with van der Waals surface area (Å²) in [7, 11) is 1.92. The Morgan fingerprint density at radius 2 is 2.05 bits per heavy atom. The molecule has 188 valence electrons. The first-order chi connectivity index (χ1) is 17.8. The van der Waals surface area contributed by atoms with Crippen molar-refractivity contribution in [2.45, 2.75) is 33.4 Å². The molecule has 0 bridgehead atoms. The fraction of sp³-hybridized carbons (Fsp3) is 0.214. The zero-order valence-corrected chi connectivity index (χ0v) is 21.7. The van der Waals surface area contributed by atoms with Crippen LogP contribution in [0, 0.1) is 13.8 Å². The van der Waals surface area contributed by atoms with Crippen molar-refractivity contribution in [2.75, 3.05) is 0 Å². The number of benzene rings is 2. The Hall–Kier alpha value is -4.17. The first-order valence-electron chi connectivity index (χ1n) is 11.8.